The Morgan fingerprint density at radius 2 is 1.96 bits per heavy atom. The Bertz CT molecular complexity index is 667. The average molecular weight is 347 g/mol. The highest BCUT2D eigenvalue weighted by Gasteiger charge is 2.27. The fourth-order valence-electron chi connectivity index (χ4n) is 2.75. The number of nitrogens with zero attached hydrogens (tertiary/aromatic N) is 2. The summed E-state index contributed by atoms with van der Waals surface area (Å²) in [4.78, 5) is 41.2. The van der Waals surface area contributed by atoms with Crippen molar-refractivity contribution in [3.05, 3.63) is 29.6 Å². The molecule has 1 aromatic rings. The third-order valence-electron chi connectivity index (χ3n) is 4.23. The number of carbonyl (C=O) groups excluding carboxylic acids is 2. The van der Waals surface area contributed by atoms with Crippen LogP contribution in [-0.4, -0.2) is 52.4 Å². The molecule has 1 aromatic heterocycles. The lowest BCUT2D eigenvalue weighted by atomic mass is 9.94. The molecule has 1 atom stereocenters. The van der Waals surface area contributed by atoms with Crippen molar-refractivity contribution in [1.82, 2.24) is 15.2 Å². The molecule has 1 unspecified atom stereocenters. The van der Waals surface area contributed by atoms with Gasteiger partial charge >= 0.3 is 5.97 Å². The van der Waals surface area contributed by atoms with Crippen LogP contribution in [0.1, 0.15) is 54.6 Å². The van der Waals surface area contributed by atoms with Crippen molar-refractivity contribution >= 4 is 17.8 Å². The van der Waals surface area contributed by atoms with E-state index < -0.39 is 11.4 Å². The quantitative estimate of drug-likeness (QED) is 0.865. The number of aromatic carboxylic acids is 1. The fraction of sp³-hybridized carbons (Fsp3) is 0.556. The van der Waals surface area contributed by atoms with E-state index in [0.29, 0.717) is 19.6 Å². The van der Waals surface area contributed by atoms with Crippen molar-refractivity contribution in [2.24, 2.45) is 11.3 Å². The third kappa shape index (κ3) is 5.01. The van der Waals surface area contributed by atoms with Crippen LogP contribution >= 0.6 is 0 Å². The smallest absolute Gasteiger partial charge is 0.354 e. The molecule has 1 saturated heterocycles. The van der Waals surface area contributed by atoms with Gasteiger partial charge in [0.25, 0.3) is 5.91 Å². The number of nitrogens with one attached hydrogen (secondary N) is 1. The Balaban J connectivity index is 1.98. The first-order chi connectivity index (χ1) is 11.7. The Morgan fingerprint density at radius 1 is 1.28 bits per heavy atom. The van der Waals surface area contributed by atoms with Crippen LogP contribution in [0.2, 0.25) is 0 Å². The van der Waals surface area contributed by atoms with E-state index in [1.807, 2.05) is 20.8 Å². The van der Waals surface area contributed by atoms with Gasteiger partial charge in [-0.2, -0.15) is 0 Å². The maximum atomic E-state index is 12.6. The Morgan fingerprint density at radius 3 is 2.60 bits per heavy atom. The molecule has 2 rings (SSSR count). The van der Waals surface area contributed by atoms with Gasteiger partial charge in [0.1, 0.15) is 11.4 Å². The second-order valence-electron chi connectivity index (χ2n) is 7.43. The number of carboxylic acids is 1. The molecule has 0 aliphatic carbocycles. The van der Waals surface area contributed by atoms with Crippen molar-refractivity contribution in [3.8, 4) is 0 Å². The number of amides is 2. The highest BCUT2D eigenvalue weighted by Crippen LogP contribution is 2.19. The normalized spacial score (nSPS) is 17.9. The second kappa shape index (κ2) is 7.63. The molecule has 2 amide bonds. The Kier molecular flexibility index (Phi) is 5.77. The molecule has 0 spiro atoms. The fourth-order valence-corrected chi connectivity index (χ4v) is 2.75. The van der Waals surface area contributed by atoms with Crippen LogP contribution < -0.4 is 5.32 Å². The summed E-state index contributed by atoms with van der Waals surface area (Å²) in [6, 6.07) is 4.41. The number of pyridine rings is 1. The molecule has 0 saturated carbocycles. The van der Waals surface area contributed by atoms with Gasteiger partial charge < -0.3 is 15.3 Å². The third-order valence-corrected chi connectivity index (χ3v) is 4.23. The second-order valence-corrected chi connectivity index (χ2v) is 7.43. The minimum Gasteiger partial charge on any atom is -0.477 e. The number of piperidine rings is 1. The van der Waals surface area contributed by atoms with E-state index in [0.717, 1.165) is 12.8 Å². The average Bonchev–Trinajstić information content (AvgIpc) is 2.58. The van der Waals surface area contributed by atoms with E-state index in [9.17, 15) is 14.4 Å². The molecule has 0 aromatic carbocycles. The highest BCUT2D eigenvalue weighted by molar-refractivity contribution is 5.94. The molecule has 136 valence electrons. The molecule has 0 bridgehead atoms. The summed E-state index contributed by atoms with van der Waals surface area (Å²) in [6.45, 7) is 7.26. The van der Waals surface area contributed by atoms with E-state index >= 15 is 0 Å². The molecular formula is C18H25N3O4. The van der Waals surface area contributed by atoms with Gasteiger partial charge in [-0.25, -0.2) is 9.78 Å². The van der Waals surface area contributed by atoms with E-state index in [1.165, 1.54) is 18.2 Å². The van der Waals surface area contributed by atoms with Crippen LogP contribution in [0.25, 0.3) is 0 Å². The van der Waals surface area contributed by atoms with Crippen molar-refractivity contribution in [2.75, 3.05) is 19.6 Å². The number of carbonyl (C=O) groups is 3. The van der Waals surface area contributed by atoms with Gasteiger partial charge in [0, 0.05) is 25.0 Å². The largest absolute Gasteiger partial charge is 0.477 e. The zero-order valence-corrected chi connectivity index (χ0v) is 14.9. The maximum absolute atomic E-state index is 12.6. The lowest BCUT2D eigenvalue weighted by Crippen LogP contribution is -2.45. The summed E-state index contributed by atoms with van der Waals surface area (Å²) >= 11 is 0. The van der Waals surface area contributed by atoms with Crippen molar-refractivity contribution < 1.29 is 19.5 Å². The maximum Gasteiger partial charge on any atom is 0.354 e. The molecule has 1 fully saturated rings. The molecule has 7 nitrogen and oxygen atoms in total. The molecular weight excluding hydrogens is 322 g/mol. The summed E-state index contributed by atoms with van der Waals surface area (Å²) in [5, 5.41) is 11.9. The van der Waals surface area contributed by atoms with Gasteiger partial charge in [0.15, 0.2) is 0 Å². The SMILES string of the molecule is CC(C)(C)C(=O)NCC1CCCN(C(=O)c2cccc(C(=O)O)n2)C1. The summed E-state index contributed by atoms with van der Waals surface area (Å²) in [7, 11) is 0. The summed E-state index contributed by atoms with van der Waals surface area (Å²) in [5.41, 5.74) is -0.443. The zero-order chi connectivity index (χ0) is 18.6. The zero-order valence-electron chi connectivity index (χ0n) is 14.9. The first-order valence-corrected chi connectivity index (χ1v) is 8.46. The lowest BCUT2D eigenvalue weighted by molar-refractivity contribution is -0.128. The number of hydrogen-bond donors (Lipinski definition) is 2. The van der Waals surface area contributed by atoms with Crippen LogP contribution in [0.5, 0.6) is 0 Å². The van der Waals surface area contributed by atoms with Crippen molar-refractivity contribution in [1.29, 1.82) is 0 Å². The van der Waals surface area contributed by atoms with E-state index in [4.69, 9.17) is 5.11 Å². The number of aromatic nitrogens is 1. The summed E-state index contributed by atoms with van der Waals surface area (Å²) in [5.74, 6) is -1.25. The van der Waals surface area contributed by atoms with Gasteiger partial charge in [-0.05, 0) is 30.9 Å². The van der Waals surface area contributed by atoms with Gasteiger partial charge in [-0.1, -0.05) is 26.8 Å². The molecule has 25 heavy (non-hydrogen) atoms. The van der Waals surface area contributed by atoms with Crippen LogP contribution in [0.3, 0.4) is 0 Å². The topological polar surface area (TPSA) is 99.6 Å². The van der Waals surface area contributed by atoms with E-state index in [1.54, 1.807) is 4.90 Å². The van der Waals surface area contributed by atoms with Crippen LogP contribution in [0.15, 0.2) is 18.2 Å². The van der Waals surface area contributed by atoms with Crippen LogP contribution in [0, 0.1) is 11.3 Å². The van der Waals surface area contributed by atoms with Gasteiger partial charge in [-0.3, -0.25) is 9.59 Å². The summed E-state index contributed by atoms with van der Waals surface area (Å²) in [6.07, 6.45) is 1.79. The van der Waals surface area contributed by atoms with Gasteiger partial charge in [-0.15, -0.1) is 0 Å². The lowest BCUT2D eigenvalue weighted by Gasteiger charge is -2.33. The van der Waals surface area contributed by atoms with Gasteiger partial charge in [0.2, 0.25) is 5.91 Å². The number of carboxylic acid groups (broad SMARTS) is 1. The number of hydrogen-bond acceptors (Lipinski definition) is 4. The van der Waals surface area contributed by atoms with E-state index in [-0.39, 0.29) is 29.1 Å². The number of likely N-dealkylation sites (tertiary alicyclic amines) is 1. The molecule has 7 heteroatoms. The summed E-state index contributed by atoms with van der Waals surface area (Å²) < 4.78 is 0. The van der Waals surface area contributed by atoms with Crippen LogP contribution in [0.4, 0.5) is 0 Å². The van der Waals surface area contributed by atoms with E-state index in [2.05, 4.69) is 10.3 Å². The van der Waals surface area contributed by atoms with Crippen molar-refractivity contribution in [2.45, 2.75) is 33.6 Å². The molecule has 2 heterocycles. The Labute approximate surface area is 147 Å². The predicted molar refractivity (Wildman–Crippen MR) is 92.3 cm³/mol. The predicted octanol–water partition coefficient (Wildman–Crippen LogP) is 1.79. The van der Waals surface area contributed by atoms with Crippen LogP contribution in [-0.2, 0) is 4.79 Å². The first-order valence-electron chi connectivity index (χ1n) is 8.46. The highest BCUT2D eigenvalue weighted by atomic mass is 16.4. The van der Waals surface area contributed by atoms with Crippen molar-refractivity contribution in [3.63, 3.8) is 0 Å². The molecule has 2 N–H and O–H groups in total. The Hall–Kier alpha value is -2.44. The minimum absolute atomic E-state index is 0.00761. The minimum atomic E-state index is -1.16. The standard InChI is InChI=1S/C18H25N3O4/c1-18(2,3)17(25)19-10-12-6-5-9-21(11-12)15(22)13-7-4-8-14(20-13)16(23)24/h4,7-8,12H,5-6,9-11H2,1-3H3,(H,19,25)(H,23,24). The molecule has 0 radical (unpaired) electrons. The van der Waals surface area contributed by atoms with Gasteiger partial charge in [0.05, 0.1) is 0 Å². The first kappa shape index (κ1) is 18.9. The molecule has 1 aliphatic rings. The molecule has 1 aliphatic heterocycles. The monoisotopic (exact) mass is 347 g/mol. The number of rotatable bonds is 4.